The van der Waals surface area contributed by atoms with Gasteiger partial charge in [0.15, 0.2) is 28.8 Å². The fourth-order valence-electron chi connectivity index (χ4n) is 3.98. The van der Waals surface area contributed by atoms with E-state index >= 15 is 0 Å². The lowest BCUT2D eigenvalue weighted by Crippen LogP contribution is -2.23. The van der Waals surface area contributed by atoms with Crippen molar-refractivity contribution < 1.29 is 38.3 Å². The van der Waals surface area contributed by atoms with Gasteiger partial charge in [-0.25, -0.2) is 0 Å². The summed E-state index contributed by atoms with van der Waals surface area (Å²) in [7, 11) is 4.68. The zero-order valence-corrected chi connectivity index (χ0v) is 17.7. The molecule has 8 nitrogen and oxygen atoms in total. The van der Waals surface area contributed by atoms with E-state index in [0.717, 1.165) is 16.7 Å². The molecule has 8 heteroatoms. The zero-order valence-electron chi connectivity index (χ0n) is 17.7. The Labute approximate surface area is 175 Å². The first-order valence-electron chi connectivity index (χ1n) is 9.61. The number of hydrogen-bond acceptors (Lipinski definition) is 8. The average Bonchev–Trinajstić information content (AvgIpc) is 3.34. The first kappa shape index (κ1) is 20.6. The summed E-state index contributed by atoms with van der Waals surface area (Å²) in [4.78, 5) is 0. The summed E-state index contributed by atoms with van der Waals surface area (Å²) < 4.78 is 40.0. The molecule has 0 aliphatic carbocycles. The van der Waals surface area contributed by atoms with Gasteiger partial charge < -0.3 is 38.3 Å². The van der Waals surface area contributed by atoms with Crippen LogP contribution in [0.25, 0.3) is 11.1 Å². The van der Waals surface area contributed by atoms with Crippen LogP contribution in [-0.4, -0.2) is 51.7 Å². The van der Waals surface area contributed by atoms with E-state index < -0.39 is 18.0 Å². The van der Waals surface area contributed by atoms with Crippen LogP contribution in [0.1, 0.15) is 25.5 Å². The Morgan fingerprint density at radius 1 is 0.967 bits per heavy atom. The first-order chi connectivity index (χ1) is 14.4. The molecule has 2 atom stereocenters. The van der Waals surface area contributed by atoms with Crippen molar-refractivity contribution in [3.63, 3.8) is 0 Å². The third-order valence-electron chi connectivity index (χ3n) is 5.19. The van der Waals surface area contributed by atoms with E-state index in [1.165, 1.54) is 0 Å². The Hall–Kier alpha value is -2.68. The van der Waals surface area contributed by atoms with Crippen LogP contribution >= 0.6 is 0 Å². The quantitative estimate of drug-likeness (QED) is 0.765. The number of ether oxygens (including phenoxy) is 7. The smallest absolute Gasteiger partial charge is 0.231 e. The topological polar surface area (TPSA) is 84.8 Å². The predicted molar refractivity (Wildman–Crippen MR) is 108 cm³/mol. The lowest BCUT2D eigenvalue weighted by atomic mass is 9.91. The van der Waals surface area contributed by atoms with Crippen LogP contribution in [0.15, 0.2) is 24.3 Å². The van der Waals surface area contributed by atoms with Gasteiger partial charge in [-0.15, -0.1) is 0 Å². The summed E-state index contributed by atoms with van der Waals surface area (Å²) in [5.41, 5.74) is 2.29. The largest absolute Gasteiger partial charge is 0.493 e. The van der Waals surface area contributed by atoms with Gasteiger partial charge in [-0.1, -0.05) is 6.07 Å². The molecule has 2 heterocycles. The van der Waals surface area contributed by atoms with Crippen molar-refractivity contribution in [1.82, 2.24) is 0 Å². The molecule has 2 aliphatic rings. The van der Waals surface area contributed by atoms with Gasteiger partial charge in [-0.2, -0.15) is 0 Å². The highest BCUT2D eigenvalue weighted by atomic mass is 16.8. The monoisotopic (exact) mass is 418 g/mol. The highest BCUT2D eigenvalue weighted by Crippen LogP contribution is 2.52. The molecule has 1 N–H and O–H groups in total. The minimum Gasteiger partial charge on any atom is -0.493 e. The fourth-order valence-corrected chi connectivity index (χ4v) is 3.98. The zero-order chi connectivity index (χ0) is 21.5. The molecule has 0 amide bonds. The Morgan fingerprint density at radius 2 is 1.70 bits per heavy atom. The number of aliphatic hydroxyl groups excluding tert-OH is 1. The molecule has 0 bridgehead atoms. The van der Waals surface area contributed by atoms with Crippen LogP contribution < -0.4 is 23.7 Å². The second kappa shape index (κ2) is 7.86. The van der Waals surface area contributed by atoms with E-state index in [2.05, 4.69) is 0 Å². The number of benzene rings is 2. The molecular formula is C22H26O8. The summed E-state index contributed by atoms with van der Waals surface area (Å²) in [6.45, 7) is 3.60. The number of fused-ring (bicyclic) bond motifs is 1. The SMILES string of the molecule is COc1cc([C@H]2OC(C)(C)O[C@@H]2CO)c(-c2ccc3c(c2)OCO3)c(OC)c1OC. The predicted octanol–water partition coefficient (Wildman–Crippen LogP) is 3.29. The molecule has 1 saturated heterocycles. The van der Waals surface area contributed by atoms with E-state index in [1.54, 1.807) is 21.3 Å². The third kappa shape index (κ3) is 3.40. The lowest BCUT2D eigenvalue weighted by Gasteiger charge is -2.24. The molecule has 2 aromatic carbocycles. The van der Waals surface area contributed by atoms with Crippen molar-refractivity contribution >= 4 is 0 Å². The highest BCUT2D eigenvalue weighted by Gasteiger charge is 2.44. The van der Waals surface area contributed by atoms with Crippen molar-refractivity contribution in [3.8, 4) is 39.9 Å². The van der Waals surface area contributed by atoms with E-state index in [-0.39, 0.29) is 13.4 Å². The van der Waals surface area contributed by atoms with Crippen molar-refractivity contribution in [3.05, 3.63) is 29.8 Å². The third-order valence-corrected chi connectivity index (χ3v) is 5.19. The Kier molecular flexibility index (Phi) is 5.40. The number of rotatable bonds is 6. The molecule has 0 saturated carbocycles. The van der Waals surface area contributed by atoms with Crippen molar-refractivity contribution in [2.75, 3.05) is 34.7 Å². The van der Waals surface area contributed by atoms with Crippen molar-refractivity contribution in [2.45, 2.75) is 31.8 Å². The Balaban J connectivity index is 1.97. The summed E-state index contributed by atoms with van der Waals surface area (Å²) in [6, 6.07) is 7.47. The second-order valence-electron chi connectivity index (χ2n) is 7.45. The number of hydrogen-bond donors (Lipinski definition) is 1. The van der Waals surface area contributed by atoms with E-state index in [4.69, 9.17) is 33.2 Å². The second-order valence-corrected chi connectivity index (χ2v) is 7.45. The fraction of sp³-hybridized carbons (Fsp3) is 0.455. The molecule has 162 valence electrons. The maximum Gasteiger partial charge on any atom is 0.231 e. The van der Waals surface area contributed by atoms with Crippen LogP contribution in [0, 0.1) is 0 Å². The molecule has 0 radical (unpaired) electrons. The molecule has 4 rings (SSSR count). The normalized spacial score (nSPS) is 21.5. The van der Waals surface area contributed by atoms with Crippen LogP contribution in [0.5, 0.6) is 28.7 Å². The van der Waals surface area contributed by atoms with Crippen LogP contribution in [0.4, 0.5) is 0 Å². The highest BCUT2D eigenvalue weighted by molar-refractivity contribution is 5.81. The van der Waals surface area contributed by atoms with Gasteiger partial charge in [0.25, 0.3) is 0 Å². The van der Waals surface area contributed by atoms with Crippen molar-refractivity contribution in [2.24, 2.45) is 0 Å². The van der Waals surface area contributed by atoms with Gasteiger partial charge in [-0.05, 0) is 43.2 Å². The number of methoxy groups -OCH3 is 3. The minimum atomic E-state index is -0.857. The van der Waals surface area contributed by atoms with Crippen LogP contribution in [0.2, 0.25) is 0 Å². The van der Waals surface area contributed by atoms with E-state index in [9.17, 15) is 5.11 Å². The van der Waals surface area contributed by atoms with E-state index in [1.807, 2.05) is 38.1 Å². The van der Waals surface area contributed by atoms with Gasteiger partial charge in [0, 0.05) is 5.56 Å². The summed E-state index contributed by atoms with van der Waals surface area (Å²) in [5, 5.41) is 9.94. The molecule has 0 spiro atoms. The molecule has 0 unspecified atom stereocenters. The molecular weight excluding hydrogens is 392 g/mol. The van der Waals surface area contributed by atoms with Gasteiger partial charge in [0.1, 0.15) is 12.2 Å². The Morgan fingerprint density at radius 3 is 2.37 bits per heavy atom. The standard InChI is InChI=1S/C22H26O8/c1-22(2)29-17(10-23)19(30-22)13-9-16(24-3)20(25-4)21(26-5)18(13)12-6-7-14-15(8-12)28-11-27-14/h6-9,17,19,23H,10-11H2,1-5H3/t17-,19-/m1/s1. The van der Waals surface area contributed by atoms with Crippen LogP contribution in [-0.2, 0) is 9.47 Å². The van der Waals surface area contributed by atoms with E-state index in [0.29, 0.717) is 28.7 Å². The average molecular weight is 418 g/mol. The lowest BCUT2D eigenvalue weighted by molar-refractivity contribution is -0.149. The van der Waals surface area contributed by atoms with Gasteiger partial charge in [0.05, 0.1) is 27.9 Å². The van der Waals surface area contributed by atoms with Gasteiger partial charge in [-0.3, -0.25) is 0 Å². The summed E-state index contributed by atoms with van der Waals surface area (Å²) >= 11 is 0. The maximum atomic E-state index is 9.94. The van der Waals surface area contributed by atoms with Gasteiger partial charge in [0.2, 0.25) is 12.5 Å². The van der Waals surface area contributed by atoms with Crippen LogP contribution in [0.3, 0.4) is 0 Å². The molecule has 2 aromatic rings. The van der Waals surface area contributed by atoms with Crippen molar-refractivity contribution in [1.29, 1.82) is 0 Å². The summed E-state index contributed by atoms with van der Waals surface area (Å²) in [6.07, 6.45) is -1.12. The molecule has 1 fully saturated rings. The Bertz CT molecular complexity index is 939. The molecule has 0 aromatic heterocycles. The molecule has 30 heavy (non-hydrogen) atoms. The summed E-state index contributed by atoms with van der Waals surface area (Å²) in [5.74, 6) is 1.88. The van der Waals surface area contributed by atoms with Gasteiger partial charge >= 0.3 is 0 Å². The first-order valence-corrected chi connectivity index (χ1v) is 9.61. The number of aliphatic hydroxyl groups is 1. The minimum absolute atomic E-state index is 0.176. The molecule has 2 aliphatic heterocycles. The maximum absolute atomic E-state index is 9.94.